The molecule has 0 amide bonds. The van der Waals surface area contributed by atoms with Crippen LogP contribution in [0.3, 0.4) is 0 Å². The fraction of sp³-hybridized carbons (Fsp3) is 0.545. The molecule has 1 aliphatic rings. The Balaban J connectivity index is 2.67. The molecule has 2 N–H and O–H groups in total. The molecule has 0 spiro atoms. The summed E-state index contributed by atoms with van der Waals surface area (Å²) in [6, 6.07) is 2.00. The van der Waals surface area contributed by atoms with Gasteiger partial charge in [0.2, 0.25) is 0 Å². The SMILES string of the molecule is CCn1c2c(cc(CN)c1=O)CCC2. The van der Waals surface area contributed by atoms with Crippen molar-refractivity contribution in [3.63, 3.8) is 0 Å². The van der Waals surface area contributed by atoms with Crippen molar-refractivity contribution in [3.8, 4) is 0 Å². The zero-order valence-corrected chi connectivity index (χ0v) is 8.55. The molecular formula is C11H16N2O. The fourth-order valence-electron chi connectivity index (χ4n) is 2.26. The summed E-state index contributed by atoms with van der Waals surface area (Å²) < 4.78 is 1.88. The number of nitrogens with zero attached hydrogens (tertiary/aromatic N) is 1. The molecule has 0 aliphatic heterocycles. The van der Waals surface area contributed by atoms with Gasteiger partial charge in [-0.1, -0.05) is 0 Å². The van der Waals surface area contributed by atoms with Gasteiger partial charge in [0.05, 0.1) is 0 Å². The monoisotopic (exact) mass is 192 g/mol. The third kappa shape index (κ3) is 1.28. The Labute approximate surface area is 83.5 Å². The van der Waals surface area contributed by atoms with E-state index in [1.54, 1.807) is 0 Å². The summed E-state index contributed by atoms with van der Waals surface area (Å²) in [6.07, 6.45) is 3.31. The molecule has 1 aromatic rings. The third-order valence-corrected chi connectivity index (χ3v) is 2.96. The average molecular weight is 192 g/mol. The van der Waals surface area contributed by atoms with Crippen molar-refractivity contribution in [2.24, 2.45) is 5.73 Å². The van der Waals surface area contributed by atoms with Gasteiger partial charge in [0.15, 0.2) is 0 Å². The standard InChI is InChI=1S/C11H16N2O/c1-2-13-10-5-3-4-8(10)6-9(7-12)11(13)14/h6H,2-5,7,12H2,1H3. The first kappa shape index (κ1) is 9.46. The van der Waals surface area contributed by atoms with Crippen molar-refractivity contribution in [2.75, 3.05) is 0 Å². The number of pyridine rings is 1. The number of aryl methyl sites for hydroxylation is 1. The second kappa shape index (κ2) is 3.58. The van der Waals surface area contributed by atoms with Crippen LogP contribution in [0, 0.1) is 0 Å². The lowest BCUT2D eigenvalue weighted by molar-refractivity contribution is 0.672. The first-order valence-corrected chi connectivity index (χ1v) is 5.22. The van der Waals surface area contributed by atoms with Crippen molar-refractivity contribution in [1.82, 2.24) is 4.57 Å². The van der Waals surface area contributed by atoms with E-state index >= 15 is 0 Å². The number of fused-ring (bicyclic) bond motifs is 1. The van der Waals surface area contributed by atoms with E-state index in [0.717, 1.165) is 24.9 Å². The average Bonchev–Trinajstić information content (AvgIpc) is 2.64. The minimum Gasteiger partial charge on any atom is -0.326 e. The van der Waals surface area contributed by atoms with Gasteiger partial charge >= 0.3 is 0 Å². The van der Waals surface area contributed by atoms with E-state index in [2.05, 4.69) is 0 Å². The topological polar surface area (TPSA) is 48.0 Å². The van der Waals surface area contributed by atoms with Crippen LogP contribution in [0.4, 0.5) is 0 Å². The van der Waals surface area contributed by atoms with E-state index in [0.29, 0.717) is 6.54 Å². The molecule has 1 aliphatic carbocycles. The lowest BCUT2D eigenvalue weighted by Crippen LogP contribution is -2.27. The Hall–Kier alpha value is -1.09. The first-order chi connectivity index (χ1) is 6.77. The van der Waals surface area contributed by atoms with E-state index < -0.39 is 0 Å². The Bertz CT molecular complexity index is 406. The Morgan fingerprint density at radius 2 is 2.29 bits per heavy atom. The minimum atomic E-state index is 0.107. The second-order valence-corrected chi connectivity index (χ2v) is 3.75. The Morgan fingerprint density at radius 3 is 2.93 bits per heavy atom. The van der Waals surface area contributed by atoms with Crippen LogP contribution >= 0.6 is 0 Å². The van der Waals surface area contributed by atoms with Crippen molar-refractivity contribution in [1.29, 1.82) is 0 Å². The van der Waals surface area contributed by atoms with Gasteiger partial charge in [-0.15, -0.1) is 0 Å². The van der Waals surface area contributed by atoms with Gasteiger partial charge in [0.1, 0.15) is 0 Å². The number of hydrogen-bond donors (Lipinski definition) is 1. The largest absolute Gasteiger partial charge is 0.326 e. The van der Waals surface area contributed by atoms with Crippen LogP contribution in [-0.2, 0) is 25.9 Å². The Morgan fingerprint density at radius 1 is 1.50 bits per heavy atom. The van der Waals surface area contributed by atoms with Crippen molar-refractivity contribution in [2.45, 2.75) is 39.3 Å². The summed E-state index contributed by atoms with van der Waals surface area (Å²) in [5, 5.41) is 0. The molecule has 0 radical (unpaired) electrons. The lowest BCUT2D eigenvalue weighted by Gasteiger charge is -2.11. The quantitative estimate of drug-likeness (QED) is 0.754. The molecule has 0 aromatic carbocycles. The van der Waals surface area contributed by atoms with Crippen molar-refractivity contribution in [3.05, 3.63) is 33.2 Å². The number of hydrogen-bond acceptors (Lipinski definition) is 2. The van der Waals surface area contributed by atoms with Crippen LogP contribution in [0.5, 0.6) is 0 Å². The maximum Gasteiger partial charge on any atom is 0.255 e. The number of nitrogens with two attached hydrogens (primary N) is 1. The van der Waals surface area contributed by atoms with Gasteiger partial charge < -0.3 is 10.3 Å². The highest BCUT2D eigenvalue weighted by atomic mass is 16.1. The van der Waals surface area contributed by atoms with Crippen molar-refractivity contribution < 1.29 is 0 Å². The molecule has 76 valence electrons. The molecule has 0 saturated carbocycles. The summed E-state index contributed by atoms with van der Waals surface area (Å²) >= 11 is 0. The first-order valence-electron chi connectivity index (χ1n) is 5.22. The zero-order valence-electron chi connectivity index (χ0n) is 8.55. The van der Waals surface area contributed by atoms with E-state index in [9.17, 15) is 4.79 Å². The molecule has 1 heterocycles. The van der Waals surface area contributed by atoms with Crippen LogP contribution in [0.1, 0.15) is 30.2 Å². The molecule has 0 bridgehead atoms. The zero-order chi connectivity index (χ0) is 10.1. The number of aromatic nitrogens is 1. The summed E-state index contributed by atoms with van der Waals surface area (Å²) in [5.74, 6) is 0. The van der Waals surface area contributed by atoms with E-state index in [4.69, 9.17) is 5.73 Å². The molecular weight excluding hydrogens is 176 g/mol. The normalized spacial score (nSPS) is 14.4. The molecule has 14 heavy (non-hydrogen) atoms. The van der Waals surface area contributed by atoms with Crippen LogP contribution in [0.2, 0.25) is 0 Å². The van der Waals surface area contributed by atoms with Gasteiger partial charge in [-0.2, -0.15) is 0 Å². The van der Waals surface area contributed by atoms with Crippen LogP contribution in [-0.4, -0.2) is 4.57 Å². The molecule has 0 atom stereocenters. The summed E-state index contributed by atoms with van der Waals surface area (Å²) in [4.78, 5) is 11.9. The van der Waals surface area contributed by atoms with Crippen molar-refractivity contribution >= 4 is 0 Å². The molecule has 1 aromatic heterocycles. The van der Waals surface area contributed by atoms with E-state index in [1.807, 2.05) is 17.6 Å². The molecule has 0 fully saturated rings. The smallest absolute Gasteiger partial charge is 0.255 e. The van der Waals surface area contributed by atoms with Crippen LogP contribution in [0.25, 0.3) is 0 Å². The highest BCUT2D eigenvalue weighted by Gasteiger charge is 2.17. The van der Waals surface area contributed by atoms with E-state index in [-0.39, 0.29) is 5.56 Å². The highest BCUT2D eigenvalue weighted by molar-refractivity contribution is 5.30. The highest BCUT2D eigenvalue weighted by Crippen LogP contribution is 2.20. The van der Waals surface area contributed by atoms with Gasteiger partial charge in [0.25, 0.3) is 5.56 Å². The molecule has 0 unspecified atom stereocenters. The van der Waals surface area contributed by atoms with Crippen LogP contribution in [0.15, 0.2) is 10.9 Å². The van der Waals surface area contributed by atoms with Gasteiger partial charge in [-0.25, -0.2) is 0 Å². The minimum absolute atomic E-state index is 0.107. The maximum atomic E-state index is 11.9. The Kier molecular flexibility index (Phi) is 2.42. The molecule has 0 saturated heterocycles. The van der Waals surface area contributed by atoms with Crippen LogP contribution < -0.4 is 11.3 Å². The summed E-state index contributed by atoms with van der Waals surface area (Å²) in [7, 11) is 0. The van der Waals surface area contributed by atoms with Gasteiger partial charge in [0, 0.05) is 24.3 Å². The molecule has 3 nitrogen and oxygen atoms in total. The third-order valence-electron chi connectivity index (χ3n) is 2.96. The number of rotatable bonds is 2. The maximum absolute atomic E-state index is 11.9. The van der Waals surface area contributed by atoms with Gasteiger partial charge in [-0.05, 0) is 37.8 Å². The molecule has 2 rings (SSSR count). The fourth-order valence-corrected chi connectivity index (χ4v) is 2.26. The summed E-state index contributed by atoms with van der Waals surface area (Å²) in [5.41, 5.74) is 8.98. The summed E-state index contributed by atoms with van der Waals surface area (Å²) in [6.45, 7) is 3.13. The molecule has 3 heteroatoms. The second-order valence-electron chi connectivity index (χ2n) is 3.75. The lowest BCUT2D eigenvalue weighted by atomic mass is 10.1. The predicted molar refractivity (Wildman–Crippen MR) is 56.3 cm³/mol. The van der Waals surface area contributed by atoms with Gasteiger partial charge in [-0.3, -0.25) is 4.79 Å². The van der Waals surface area contributed by atoms with E-state index in [1.165, 1.54) is 17.7 Å². The predicted octanol–water partition coefficient (Wildman–Crippen LogP) is 0.816.